The molecule has 0 amide bonds. The number of hydrogen-bond acceptors (Lipinski definition) is 2. The average Bonchev–Trinajstić information content (AvgIpc) is 3.44. The van der Waals surface area contributed by atoms with Gasteiger partial charge in [0.15, 0.2) is 0 Å². The van der Waals surface area contributed by atoms with Crippen LogP contribution in [-0.4, -0.2) is 9.55 Å². The molecule has 0 aliphatic rings. The summed E-state index contributed by atoms with van der Waals surface area (Å²) >= 11 is 6.81. The quantitative estimate of drug-likeness (QED) is 0.307. The molecular formula is C25H15ClN2O. The molecule has 0 fully saturated rings. The highest BCUT2D eigenvalue weighted by atomic mass is 35.5. The second-order valence-electron chi connectivity index (χ2n) is 6.66. The number of benzene rings is 4. The van der Waals surface area contributed by atoms with Crippen molar-refractivity contribution in [2.45, 2.75) is 0 Å². The van der Waals surface area contributed by atoms with Crippen LogP contribution in [0.15, 0.2) is 95.6 Å². The van der Waals surface area contributed by atoms with Crippen molar-refractivity contribution >= 4 is 44.6 Å². The van der Waals surface area contributed by atoms with Gasteiger partial charge in [0.25, 0.3) is 0 Å². The standard InChI is InChI=1S/C25H15ClN2O/c26-24-17(16-7-2-1-3-8-16)10-6-11-19(24)28-15-27-25-20(28)13-14-22-23(25)18-9-4-5-12-21(18)29-22/h1-15H/i1D,2D,3D,7D,8D. The summed E-state index contributed by atoms with van der Waals surface area (Å²) in [6, 6.07) is 14.9. The first kappa shape index (κ1) is 12.1. The number of imidazole rings is 1. The first-order valence-electron chi connectivity index (χ1n) is 11.5. The second kappa shape index (κ2) is 6.23. The van der Waals surface area contributed by atoms with Crippen LogP contribution in [-0.2, 0) is 0 Å². The molecule has 29 heavy (non-hydrogen) atoms. The Morgan fingerprint density at radius 2 is 1.76 bits per heavy atom. The van der Waals surface area contributed by atoms with Crippen molar-refractivity contribution in [2.24, 2.45) is 0 Å². The van der Waals surface area contributed by atoms with E-state index in [-0.39, 0.29) is 22.7 Å². The first-order valence-corrected chi connectivity index (χ1v) is 9.39. The molecule has 0 bridgehead atoms. The summed E-state index contributed by atoms with van der Waals surface area (Å²) in [5.41, 5.74) is 4.07. The smallest absolute Gasteiger partial charge is 0.137 e. The third-order valence-electron chi connectivity index (χ3n) is 5.06. The molecule has 3 nitrogen and oxygen atoms in total. The molecule has 2 heterocycles. The lowest BCUT2D eigenvalue weighted by molar-refractivity contribution is 0.669. The Bertz CT molecular complexity index is 1760. The molecule has 6 aromatic rings. The monoisotopic (exact) mass is 399 g/mol. The van der Waals surface area contributed by atoms with Crippen LogP contribution < -0.4 is 0 Å². The molecule has 4 aromatic carbocycles. The Morgan fingerprint density at radius 1 is 0.897 bits per heavy atom. The molecule has 4 heteroatoms. The van der Waals surface area contributed by atoms with Crippen LogP contribution in [0.5, 0.6) is 0 Å². The number of fused-ring (bicyclic) bond motifs is 5. The number of aromatic nitrogens is 2. The minimum absolute atomic E-state index is 0.0606. The Labute approximate surface area is 178 Å². The molecule has 0 atom stereocenters. The fourth-order valence-electron chi connectivity index (χ4n) is 3.77. The minimum Gasteiger partial charge on any atom is -0.456 e. The predicted molar refractivity (Wildman–Crippen MR) is 119 cm³/mol. The molecule has 0 saturated carbocycles. The van der Waals surface area contributed by atoms with E-state index < -0.39 is 18.1 Å². The Hall–Kier alpha value is -3.56. The molecule has 0 aliphatic heterocycles. The Balaban J connectivity index is 1.62. The summed E-state index contributed by atoms with van der Waals surface area (Å²) in [4.78, 5) is 4.65. The van der Waals surface area contributed by atoms with Crippen LogP contribution in [0.4, 0.5) is 0 Å². The topological polar surface area (TPSA) is 31.0 Å². The molecule has 0 radical (unpaired) electrons. The highest BCUT2D eigenvalue weighted by molar-refractivity contribution is 6.35. The molecule has 0 N–H and O–H groups in total. The SMILES string of the molecule is [2H]c1c([2H])c([2H])c(-c2cccc(-n3cnc4c5c(ccc43)oc3ccccc35)c2Cl)c([2H])c1[2H]. The van der Waals surface area contributed by atoms with Crippen molar-refractivity contribution in [1.29, 1.82) is 0 Å². The molecular weight excluding hydrogens is 380 g/mol. The van der Waals surface area contributed by atoms with Gasteiger partial charge < -0.3 is 4.42 Å². The van der Waals surface area contributed by atoms with Gasteiger partial charge in [0, 0.05) is 10.9 Å². The molecule has 0 spiro atoms. The number of nitrogens with zero attached hydrogens (tertiary/aromatic N) is 2. The summed E-state index contributed by atoms with van der Waals surface area (Å²) in [7, 11) is 0. The maximum Gasteiger partial charge on any atom is 0.137 e. The van der Waals surface area contributed by atoms with Gasteiger partial charge in [-0.3, -0.25) is 4.57 Å². The van der Waals surface area contributed by atoms with E-state index in [9.17, 15) is 0 Å². The second-order valence-corrected chi connectivity index (χ2v) is 7.04. The first-order chi connectivity index (χ1) is 16.4. The predicted octanol–water partition coefficient (Wildman–Crippen LogP) is 7.25. The van der Waals surface area contributed by atoms with Crippen LogP contribution in [0.1, 0.15) is 6.85 Å². The summed E-state index contributed by atoms with van der Waals surface area (Å²) in [5, 5.41) is 2.13. The van der Waals surface area contributed by atoms with Crippen molar-refractivity contribution in [3.63, 3.8) is 0 Å². The number of hydrogen-bond donors (Lipinski definition) is 0. The van der Waals surface area contributed by atoms with E-state index in [2.05, 4.69) is 4.98 Å². The lowest BCUT2D eigenvalue weighted by Crippen LogP contribution is -1.94. The van der Waals surface area contributed by atoms with Crippen molar-refractivity contribution in [3.05, 3.63) is 96.2 Å². The van der Waals surface area contributed by atoms with Crippen LogP contribution in [0.25, 0.3) is 49.8 Å². The van der Waals surface area contributed by atoms with Crippen LogP contribution in [0, 0.1) is 0 Å². The van der Waals surface area contributed by atoms with E-state index in [1.54, 1.807) is 24.5 Å². The maximum atomic E-state index is 8.33. The highest BCUT2D eigenvalue weighted by Crippen LogP contribution is 2.37. The van der Waals surface area contributed by atoms with Gasteiger partial charge in [-0.15, -0.1) is 0 Å². The fourth-order valence-corrected chi connectivity index (χ4v) is 4.08. The van der Waals surface area contributed by atoms with E-state index >= 15 is 0 Å². The van der Waals surface area contributed by atoms with Gasteiger partial charge in [-0.05, 0) is 29.8 Å². The largest absolute Gasteiger partial charge is 0.456 e. The summed E-state index contributed by atoms with van der Waals surface area (Å²) in [5.74, 6) is 0. The summed E-state index contributed by atoms with van der Waals surface area (Å²) in [6.07, 6.45) is 1.67. The van der Waals surface area contributed by atoms with Gasteiger partial charge in [-0.25, -0.2) is 4.98 Å². The van der Waals surface area contributed by atoms with Gasteiger partial charge in [-0.1, -0.05) is 72.1 Å². The van der Waals surface area contributed by atoms with E-state index in [1.807, 2.05) is 41.0 Å². The van der Waals surface area contributed by atoms with Crippen molar-refractivity contribution in [2.75, 3.05) is 0 Å². The fraction of sp³-hybridized carbons (Fsp3) is 0. The molecule has 0 saturated heterocycles. The third-order valence-corrected chi connectivity index (χ3v) is 5.46. The van der Waals surface area contributed by atoms with Gasteiger partial charge in [0.1, 0.15) is 23.0 Å². The van der Waals surface area contributed by atoms with Crippen molar-refractivity contribution in [3.8, 4) is 16.8 Å². The molecule has 6 rings (SSSR count). The van der Waals surface area contributed by atoms with Crippen LogP contribution >= 0.6 is 11.6 Å². The van der Waals surface area contributed by atoms with E-state index in [0.29, 0.717) is 11.3 Å². The Morgan fingerprint density at radius 3 is 2.66 bits per heavy atom. The molecule has 138 valence electrons. The number of para-hydroxylation sites is 1. The minimum atomic E-state index is -0.442. The van der Waals surface area contributed by atoms with E-state index in [1.165, 1.54) is 0 Å². The lowest BCUT2D eigenvalue weighted by atomic mass is 10.0. The zero-order valence-corrected chi connectivity index (χ0v) is 15.7. The lowest BCUT2D eigenvalue weighted by Gasteiger charge is -2.11. The summed E-state index contributed by atoms with van der Waals surface area (Å²) < 4.78 is 48.3. The number of halogens is 1. The van der Waals surface area contributed by atoms with Gasteiger partial charge >= 0.3 is 0 Å². The van der Waals surface area contributed by atoms with E-state index in [0.717, 1.165) is 33.0 Å². The van der Waals surface area contributed by atoms with Crippen molar-refractivity contribution in [1.82, 2.24) is 9.55 Å². The summed E-state index contributed by atoms with van der Waals surface area (Å²) in [6.45, 7) is 0. The van der Waals surface area contributed by atoms with E-state index in [4.69, 9.17) is 22.9 Å². The zero-order valence-electron chi connectivity index (χ0n) is 20.0. The molecule has 2 aromatic heterocycles. The van der Waals surface area contributed by atoms with Gasteiger partial charge in [0.05, 0.1) is 28.5 Å². The maximum absolute atomic E-state index is 8.33. The van der Waals surface area contributed by atoms with Gasteiger partial charge in [-0.2, -0.15) is 0 Å². The van der Waals surface area contributed by atoms with Gasteiger partial charge in [0.2, 0.25) is 0 Å². The molecule has 0 unspecified atom stereocenters. The highest BCUT2D eigenvalue weighted by Gasteiger charge is 2.16. The number of rotatable bonds is 2. The van der Waals surface area contributed by atoms with Crippen molar-refractivity contribution < 1.29 is 11.3 Å². The average molecular weight is 400 g/mol. The number of furan rings is 1. The van der Waals surface area contributed by atoms with Crippen LogP contribution in [0.3, 0.4) is 0 Å². The Kier molecular flexibility index (Phi) is 2.60. The normalized spacial score (nSPS) is 14.0. The zero-order chi connectivity index (χ0) is 23.7. The van der Waals surface area contributed by atoms with Crippen LogP contribution in [0.2, 0.25) is 5.02 Å². The molecule has 0 aliphatic carbocycles. The third kappa shape index (κ3) is 2.41.